The second-order valence-electron chi connectivity index (χ2n) is 3.28. The monoisotopic (exact) mass is 320 g/mol. The molecule has 0 aliphatic carbocycles. The van der Waals surface area contributed by atoms with Crippen LogP contribution in [0, 0.1) is 0 Å². The van der Waals surface area contributed by atoms with Crippen LogP contribution in [0.15, 0.2) is 33.6 Å². The third-order valence-corrected chi connectivity index (χ3v) is 4.45. The zero-order valence-corrected chi connectivity index (χ0v) is 12.4. The molecule has 96 valence electrons. The van der Waals surface area contributed by atoms with Crippen molar-refractivity contribution in [2.45, 2.75) is 25.0 Å². The van der Waals surface area contributed by atoms with Gasteiger partial charge in [0.15, 0.2) is 6.29 Å². The lowest BCUT2D eigenvalue weighted by Crippen LogP contribution is -2.24. The predicted molar refractivity (Wildman–Crippen MR) is 72.5 cm³/mol. The molecule has 0 saturated carbocycles. The van der Waals surface area contributed by atoms with Gasteiger partial charge in [0.05, 0.1) is 21.4 Å². The van der Waals surface area contributed by atoms with Crippen molar-refractivity contribution < 1.29 is 13.7 Å². The van der Waals surface area contributed by atoms with Crippen LogP contribution in [-0.2, 0) is 20.3 Å². The molecule has 0 saturated heterocycles. The molecule has 17 heavy (non-hydrogen) atoms. The van der Waals surface area contributed by atoms with E-state index < -0.39 is 17.1 Å². The van der Waals surface area contributed by atoms with E-state index in [0.29, 0.717) is 19.0 Å². The minimum absolute atomic E-state index is 0.351. The lowest BCUT2D eigenvalue weighted by atomic mass is 10.4. The molecule has 0 fully saturated rings. The van der Waals surface area contributed by atoms with Gasteiger partial charge >= 0.3 is 0 Å². The molecule has 0 amide bonds. The quantitative estimate of drug-likeness (QED) is 0.724. The number of benzene rings is 1. The second-order valence-corrected chi connectivity index (χ2v) is 5.60. The first kappa shape index (κ1) is 14.8. The summed E-state index contributed by atoms with van der Waals surface area (Å²) in [6, 6.07) is 7.49. The number of halogens is 1. The molecule has 0 N–H and O–H groups in total. The summed E-state index contributed by atoms with van der Waals surface area (Å²) in [5.41, 5.74) is 0. The first-order valence-electron chi connectivity index (χ1n) is 5.55. The van der Waals surface area contributed by atoms with Gasteiger partial charge in [0.1, 0.15) is 0 Å². The van der Waals surface area contributed by atoms with Crippen LogP contribution >= 0.6 is 15.9 Å². The minimum Gasteiger partial charge on any atom is -0.352 e. The highest BCUT2D eigenvalue weighted by Gasteiger charge is 2.15. The highest BCUT2D eigenvalue weighted by molar-refractivity contribution is 9.10. The second kappa shape index (κ2) is 7.97. The van der Waals surface area contributed by atoms with Gasteiger partial charge in [-0.2, -0.15) is 0 Å². The largest absolute Gasteiger partial charge is 0.352 e. The Morgan fingerprint density at radius 2 is 1.82 bits per heavy atom. The summed E-state index contributed by atoms with van der Waals surface area (Å²) in [4.78, 5) is 0.775. The van der Waals surface area contributed by atoms with Gasteiger partial charge in [0.25, 0.3) is 0 Å². The Balaban J connectivity index is 2.67. The van der Waals surface area contributed by atoms with Crippen molar-refractivity contribution in [3.05, 3.63) is 28.7 Å². The molecule has 3 nitrogen and oxygen atoms in total. The third-order valence-electron chi connectivity index (χ3n) is 2.07. The summed E-state index contributed by atoms with van der Waals surface area (Å²) < 4.78 is 23.8. The zero-order valence-electron chi connectivity index (χ0n) is 10.0. The summed E-state index contributed by atoms with van der Waals surface area (Å²) in [5, 5.41) is 0. The molecule has 1 aromatic carbocycles. The average molecular weight is 321 g/mol. The van der Waals surface area contributed by atoms with Gasteiger partial charge in [-0.05, 0) is 41.9 Å². The molecule has 5 heteroatoms. The molecule has 0 spiro atoms. The van der Waals surface area contributed by atoms with E-state index in [9.17, 15) is 4.21 Å². The molecule has 0 bridgehead atoms. The SMILES string of the molecule is CCOC(CS(=O)c1ccccc1Br)OCC. The predicted octanol–water partition coefficient (Wildman–Crippen LogP) is 2.96. The first-order valence-corrected chi connectivity index (χ1v) is 7.66. The molecule has 1 rings (SSSR count). The van der Waals surface area contributed by atoms with Gasteiger partial charge < -0.3 is 9.47 Å². The molecule has 0 radical (unpaired) electrons. The standard InChI is InChI=1S/C12H17BrO3S/c1-3-15-12(16-4-2)9-17(14)11-8-6-5-7-10(11)13/h5-8,12H,3-4,9H2,1-2H3. The lowest BCUT2D eigenvalue weighted by molar-refractivity contribution is -0.120. The van der Waals surface area contributed by atoms with Crippen molar-refractivity contribution in [3.63, 3.8) is 0 Å². The van der Waals surface area contributed by atoms with E-state index in [4.69, 9.17) is 9.47 Å². The Morgan fingerprint density at radius 3 is 2.35 bits per heavy atom. The fourth-order valence-electron chi connectivity index (χ4n) is 1.36. The Hall–Kier alpha value is -0.230. The number of hydrogen-bond acceptors (Lipinski definition) is 3. The van der Waals surface area contributed by atoms with Crippen LogP contribution in [0.2, 0.25) is 0 Å². The van der Waals surface area contributed by atoms with E-state index in [1.54, 1.807) is 0 Å². The highest BCUT2D eigenvalue weighted by Crippen LogP contribution is 2.20. The van der Waals surface area contributed by atoms with Crippen LogP contribution in [0.5, 0.6) is 0 Å². The summed E-state index contributed by atoms with van der Waals surface area (Å²) >= 11 is 3.39. The smallest absolute Gasteiger partial charge is 0.169 e. The van der Waals surface area contributed by atoms with E-state index in [1.807, 2.05) is 38.1 Å². The van der Waals surface area contributed by atoms with Crippen molar-refractivity contribution >= 4 is 26.7 Å². The van der Waals surface area contributed by atoms with E-state index in [2.05, 4.69) is 15.9 Å². The molecule has 1 atom stereocenters. The van der Waals surface area contributed by atoms with Gasteiger partial charge in [-0.3, -0.25) is 4.21 Å². The molecular weight excluding hydrogens is 304 g/mol. The Morgan fingerprint density at radius 1 is 1.24 bits per heavy atom. The lowest BCUT2D eigenvalue weighted by Gasteiger charge is -2.16. The fourth-order valence-corrected chi connectivity index (χ4v) is 3.32. The summed E-state index contributed by atoms with van der Waals surface area (Å²) in [5.74, 6) is 0.351. The van der Waals surface area contributed by atoms with Crippen LogP contribution < -0.4 is 0 Å². The van der Waals surface area contributed by atoms with E-state index in [0.717, 1.165) is 9.37 Å². The number of hydrogen-bond donors (Lipinski definition) is 0. The van der Waals surface area contributed by atoms with Gasteiger partial charge in [-0.15, -0.1) is 0 Å². The molecule has 1 aromatic rings. The average Bonchev–Trinajstić information content (AvgIpc) is 2.30. The first-order chi connectivity index (χ1) is 8.19. The zero-order chi connectivity index (χ0) is 12.7. The van der Waals surface area contributed by atoms with Crippen molar-refractivity contribution in [2.75, 3.05) is 19.0 Å². The van der Waals surface area contributed by atoms with Crippen LogP contribution in [-0.4, -0.2) is 29.5 Å². The van der Waals surface area contributed by atoms with E-state index >= 15 is 0 Å². The van der Waals surface area contributed by atoms with Gasteiger partial charge in [-0.1, -0.05) is 12.1 Å². The Kier molecular flexibility index (Phi) is 6.96. The van der Waals surface area contributed by atoms with Crippen LogP contribution in [0.4, 0.5) is 0 Å². The number of ether oxygens (including phenoxy) is 2. The summed E-state index contributed by atoms with van der Waals surface area (Å²) in [7, 11) is -1.12. The van der Waals surface area contributed by atoms with Crippen molar-refractivity contribution in [3.8, 4) is 0 Å². The molecule has 0 aliphatic rings. The molecule has 0 aromatic heterocycles. The molecule has 0 aliphatic heterocycles. The number of rotatable bonds is 7. The Bertz CT molecular complexity index is 365. The molecule has 0 heterocycles. The maximum atomic E-state index is 12.1. The van der Waals surface area contributed by atoms with E-state index in [-0.39, 0.29) is 0 Å². The Labute approximate surface area is 113 Å². The van der Waals surface area contributed by atoms with Crippen LogP contribution in [0.1, 0.15) is 13.8 Å². The normalized spacial score (nSPS) is 12.9. The fraction of sp³-hybridized carbons (Fsp3) is 0.500. The van der Waals surface area contributed by atoms with Crippen molar-refractivity contribution in [2.24, 2.45) is 0 Å². The molecule has 1 unspecified atom stereocenters. The minimum atomic E-state index is -1.12. The van der Waals surface area contributed by atoms with Crippen molar-refractivity contribution in [1.29, 1.82) is 0 Å². The maximum Gasteiger partial charge on any atom is 0.169 e. The van der Waals surface area contributed by atoms with Gasteiger partial charge in [0.2, 0.25) is 0 Å². The highest BCUT2D eigenvalue weighted by atomic mass is 79.9. The van der Waals surface area contributed by atoms with E-state index in [1.165, 1.54) is 0 Å². The molecular formula is C12H17BrO3S. The maximum absolute atomic E-state index is 12.1. The topological polar surface area (TPSA) is 35.5 Å². The van der Waals surface area contributed by atoms with Crippen molar-refractivity contribution in [1.82, 2.24) is 0 Å². The van der Waals surface area contributed by atoms with Crippen LogP contribution in [0.25, 0.3) is 0 Å². The van der Waals surface area contributed by atoms with Gasteiger partial charge in [0, 0.05) is 17.7 Å². The third kappa shape index (κ3) is 4.87. The summed E-state index contributed by atoms with van der Waals surface area (Å²) in [6.07, 6.45) is -0.405. The van der Waals surface area contributed by atoms with Crippen LogP contribution in [0.3, 0.4) is 0 Å². The summed E-state index contributed by atoms with van der Waals surface area (Å²) in [6.45, 7) is 4.90. The van der Waals surface area contributed by atoms with Gasteiger partial charge in [-0.25, -0.2) is 0 Å².